The van der Waals surface area contributed by atoms with Gasteiger partial charge in [-0.25, -0.2) is 0 Å². The van der Waals surface area contributed by atoms with Crippen molar-refractivity contribution in [1.82, 2.24) is 0 Å². The average Bonchev–Trinajstić information content (AvgIpc) is 2.32. The van der Waals surface area contributed by atoms with Crippen LogP contribution in [0.1, 0.15) is 38.5 Å². The first-order valence-electron chi connectivity index (χ1n) is 5.21. The molecule has 3 heteroatoms. The van der Waals surface area contributed by atoms with Crippen LogP contribution in [0.5, 0.6) is 0 Å². The molecule has 0 bridgehead atoms. The Morgan fingerprint density at radius 1 is 1.15 bits per heavy atom. The molecule has 1 saturated carbocycles. The summed E-state index contributed by atoms with van der Waals surface area (Å²) < 4.78 is 0. The number of hydrogen-bond donors (Lipinski definition) is 3. The molecule has 0 aromatic rings. The maximum Gasteiger partial charge on any atom is 0.0774 e. The van der Waals surface area contributed by atoms with E-state index in [9.17, 15) is 10.2 Å². The van der Waals surface area contributed by atoms with Crippen LogP contribution in [-0.4, -0.2) is 34.1 Å². The van der Waals surface area contributed by atoms with Gasteiger partial charge in [0.25, 0.3) is 0 Å². The van der Waals surface area contributed by atoms with Gasteiger partial charge in [-0.1, -0.05) is 19.3 Å². The molecule has 1 aliphatic carbocycles. The summed E-state index contributed by atoms with van der Waals surface area (Å²) >= 11 is 0. The molecule has 0 heterocycles. The Balaban J connectivity index is 2.35. The van der Waals surface area contributed by atoms with Crippen molar-refractivity contribution < 1.29 is 15.3 Å². The molecule has 1 rings (SSSR count). The smallest absolute Gasteiger partial charge is 0.0774 e. The van der Waals surface area contributed by atoms with Crippen LogP contribution in [0.3, 0.4) is 0 Å². The Bertz CT molecular complexity index is 138. The molecule has 1 aliphatic rings. The molecule has 0 saturated heterocycles. The largest absolute Gasteiger partial charge is 0.394 e. The Morgan fingerprint density at radius 3 is 2.54 bits per heavy atom. The van der Waals surface area contributed by atoms with E-state index in [1.165, 1.54) is 6.42 Å². The van der Waals surface area contributed by atoms with E-state index in [1.54, 1.807) is 0 Å². The summed E-state index contributed by atoms with van der Waals surface area (Å²) in [5.74, 6) is 0.185. The van der Waals surface area contributed by atoms with Crippen molar-refractivity contribution in [2.24, 2.45) is 5.92 Å². The fraction of sp³-hybridized carbons (Fsp3) is 1.00. The van der Waals surface area contributed by atoms with Crippen molar-refractivity contribution in [2.45, 2.75) is 50.7 Å². The lowest BCUT2D eigenvalue weighted by molar-refractivity contribution is 0.0316. The fourth-order valence-corrected chi connectivity index (χ4v) is 2.06. The monoisotopic (exact) mass is 188 g/mol. The Kier molecular flexibility index (Phi) is 4.70. The standard InChI is InChI=1S/C10H20O3/c11-7-9(12)6-8-4-2-1-3-5-10(8)13/h8-13H,1-7H2. The second-order valence-corrected chi connectivity index (χ2v) is 4.04. The lowest BCUT2D eigenvalue weighted by atomic mass is 9.91. The predicted molar refractivity (Wildman–Crippen MR) is 50.3 cm³/mol. The van der Waals surface area contributed by atoms with Gasteiger partial charge in [-0.3, -0.25) is 0 Å². The van der Waals surface area contributed by atoms with Gasteiger partial charge < -0.3 is 15.3 Å². The van der Waals surface area contributed by atoms with E-state index in [0.29, 0.717) is 6.42 Å². The molecule has 0 radical (unpaired) electrons. The minimum Gasteiger partial charge on any atom is -0.394 e. The van der Waals surface area contributed by atoms with Crippen molar-refractivity contribution in [3.8, 4) is 0 Å². The number of hydrogen-bond acceptors (Lipinski definition) is 3. The molecular weight excluding hydrogens is 168 g/mol. The summed E-state index contributed by atoms with van der Waals surface area (Å²) in [6.45, 7) is -0.191. The van der Waals surface area contributed by atoms with Crippen molar-refractivity contribution in [1.29, 1.82) is 0 Å². The molecule has 3 atom stereocenters. The van der Waals surface area contributed by atoms with Crippen molar-refractivity contribution in [3.05, 3.63) is 0 Å². The molecule has 0 spiro atoms. The molecule has 3 N–H and O–H groups in total. The summed E-state index contributed by atoms with van der Waals surface area (Å²) in [6, 6.07) is 0. The minimum atomic E-state index is -0.655. The summed E-state index contributed by atoms with van der Waals surface area (Å²) in [5.41, 5.74) is 0. The van der Waals surface area contributed by atoms with Gasteiger partial charge in [0.2, 0.25) is 0 Å². The van der Waals surface area contributed by atoms with Gasteiger partial charge in [-0.05, 0) is 25.2 Å². The molecule has 0 aromatic carbocycles. The molecule has 78 valence electrons. The molecule has 0 aromatic heterocycles. The third-order valence-electron chi connectivity index (χ3n) is 2.90. The Morgan fingerprint density at radius 2 is 1.85 bits per heavy atom. The molecule has 13 heavy (non-hydrogen) atoms. The fourth-order valence-electron chi connectivity index (χ4n) is 2.06. The van der Waals surface area contributed by atoms with Gasteiger partial charge in [0.15, 0.2) is 0 Å². The van der Waals surface area contributed by atoms with E-state index in [1.807, 2.05) is 0 Å². The van der Waals surface area contributed by atoms with Crippen LogP contribution in [0.25, 0.3) is 0 Å². The van der Waals surface area contributed by atoms with Gasteiger partial charge in [-0.15, -0.1) is 0 Å². The number of rotatable bonds is 3. The van der Waals surface area contributed by atoms with Crippen molar-refractivity contribution >= 4 is 0 Å². The van der Waals surface area contributed by atoms with E-state index >= 15 is 0 Å². The van der Waals surface area contributed by atoms with Crippen LogP contribution < -0.4 is 0 Å². The summed E-state index contributed by atoms with van der Waals surface area (Å²) in [5, 5.41) is 27.6. The first kappa shape index (κ1) is 11.0. The molecule has 0 aliphatic heterocycles. The molecule has 3 nitrogen and oxygen atoms in total. The van der Waals surface area contributed by atoms with Crippen LogP contribution >= 0.6 is 0 Å². The van der Waals surface area contributed by atoms with Crippen molar-refractivity contribution in [2.75, 3.05) is 6.61 Å². The number of aliphatic hydroxyl groups excluding tert-OH is 3. The summed E-state index contributed by atoms with van der Waals surface area (Å²) in [7, 11) is 0. The SMILES string of the molecule is OCC(O)CC1CCCCCC1O. The van der Waals surface area contributed by atoms with Crippen LogP contribution in [0.2, 0.25) is 0 Å². The second kappa shape index (κ2) is 5.58. The second-order valence-electron chi connectivity index (χ2n) is 4.04. The lowest BCUT2D eigenvalue weighted by Gasteiger charge is -2.22. The zero-order valence-electron chi connectivity index (χ0n) is 8.02. The molecule has 1 fully saturated rings. The average molecular weight is 188 g/mol. The van der Waals surface area contributed by atoms with Crippen LogP contribution in [0.15, 0.2) is 0 Å². The van der Waals surface area contributed by atoms with Crippen LogP contribution in [0.4, 0.5) is 0 Å². The third-order valence-corrected chi connectivity index (χ3v) is 2.90. The zero-order chi connectivity index (χ0) is 9.68. The van der Waals surface area contributed by atoms with E-state index < -0.39 is 6.10 Å². The Labute approximate surface area is 79.4 Å². The Hall–Kier alpha value is -0.120. The maximum absolute atomic E-state index is 9.70. The predicted octanol–water partition coefficient (Wildman–Crippen LogP) is 0.671. The maximum atomic E-state index is 9.70. The quantitative estimate of drug-likeness (QED) is 0.570. The van der Waals surface area contributed by atoms with Crippen molar-refractivity contribution in [3.63, 3.8) is 0 Å². The van der Waals surface area contributed by atoms with Gasteiger partial charge in [-0.2, -0.15) is 0 Å². The number of aliphatic hydroxyl groups is 3. The first-order chi connectivity index (χ1) is 6.24. The molecular formula is C10H20O3. The third kappa shape index (κ3) is 3.63. The van der Waals surface area contributed by atoms with Gasteiger partial charge in [0, 0.05) is 0 Å². The van der Waals surface area contributed by atoms with E-state index in [0.717, 1.165) is 25.7 Å². The van der Waals surface area contributed by atoms with E-state index in [-0.39, 0.29) is 18.6 Å². The normalized spacial score (nSPS) is 32.5. The molecule has 3 unspecified atom stereocenters. The summed E-state index contributed by atoms with van der Waals surface area (Å²) in [6.07, 6.45) is 4.86. The van der Waals surface area contributed by atoms with Gasteiger partial charge in [0.1, 0.15) is 0 Å². The topological polar surface area (TPSA) is 60.7 Å². The molecule has 0 amide bonds. The van der Waals surface area contributed by atoms with Crippen LogP contribution in [-0.2, 0) is 0 Å². The van der Waals surface area contributed by atoms with Gasteiger partial charge >= 0.3 is 0 Å². The summed E-state index contributed by atoms with van der Waals surface area (Å²) in [4.78, 5) is 0. The highest BCUT2D eigenvalue weighted by Gasteiger charge is 2.23. The van der Waals surface area contributed by atoms with Gasteiger partial charge in [0.05, 0.1) is 18.8 Å². The highest BCUT2D eigenvalue weighted by atomic mass is 16.3. The zero-order valence-corrected chi connectivity index (χ0v) is 8.02. The first-order valence-corrected chi connectivity index (χ1v) is 5.21. The van der Waals surface area contributed by atoms with E-state index in [4.69, 9.17) is 5.11 Å². The van der Waals surface area contributed by atoms with E-state index in [2.05, 4.69) is 0 Å². The van der Waals surface area contributed by atoms with Crippen LogP contribution in [0, 0.1) is 5.92 Å². The minimum absolute atomic E-state index is 0.185. The lowest BCUT2D eigenvalue weighted by Crippen LogP contribution is -2.25. The highest BCUT2D eigenvalue weighted by molar-refractivity contribution is 4.75. The highest BCUT2D eigenvalue weighted by Crippen LogP contribution is 2.26.